The number of hydrogen-bond acceptors (Lipinski definition) is 1. The second-order valence-electron chi connectivity index (χ2n) is 14.6. The number of rotatable bonds is 11. The Morgan fingerprint density at radius 3 is 0.850 bits per heavy atom. The van der Waals surface area contributed by atoms with E-state index < -0.39 is 0 Å². The van der Waals surface area contributed by atoms with E-state index in [1.165, 1.54) is 71.7 Å². The van der Waals surface area contributed by atoms with Gasteiger partial charge < -0.3 is 29.7 Å². The molecular weight excluding hydrogens is 774 g/mol. The van der Waals surface area contributed by atoms with Crippen molar-refractivity contribution >= 4 is 51.2 Å². The first-order chi connectivity index (χ1) is 28.7. The summed E-state index contributed by atoms with van der Waals surface area (Å²) in [4.78, 5) is 4.81. The normalized spacial score (nSPS) is 10.8. The van der Waals surface area contributed by atoms with Crippen LogP contribution in [0.15, 0.2) is 243 Å². The molecule has 9 aromatic rings. The Balaban J connectivity index is 0.00000272. The summed E-state index contributed by atoms with van der Waals surface area (Å²) < 4.78 is 0. The number of nitrogens with zero attached hydrogens (tertiary/aromatic N) is 1. The minimum absolute atomic E-state index is 0. The van der Waals surface area contributed by atoms with Crippen molar-refractivity contribution in [1.29, 1.82) is 0 Å². The predicted octanol–water partition coefficient (Wildman–Crippen LogP) is 7.17. The number of para-hydroxylation sites is 4. The lowest BCUT2D eigenvalue weighted by Crippen LogP contribution is -3.00. The summed E-state index contributed by atoms with van der Waals surface area (Å²) in [5.41, 5.74) is 16.5. The van der Waals surface area contributed by atoms with Crippen LogP contribution in [0.25, 0.3) is 22.3 Å². The molecule has 9 rings (SSSR count). The van der Waals surface area contributed by atoms with Gasteiger partial charge in [-0.3, -0.25) is 0 Å². The highest BCUT2D eigenvalue weighted by Gasteiger charge is 2.20. The monoisotopic (exact) mass is 817 g/mol. The van der Waals surface area contributed by atoms with E-state index in [4.69, 9.17) is 0 Å². The van der Waals surface area contributed by atoms with Gasteiger partial charge in [-0.2, -0.15) is 0 Å². The summed E-state index contributed by atoms with van der Waals surface area (Å²) in [6, 6.07) is 87.2. The molecule has 0 heterocycles. The van der Waals surface area contributed by atoms with Gasteiger partial charge in [0.15, 0.2) is 0 Å². The summed E-state index contributed by atoms with van der Waals surface area (Å²) >= 11 is 0. The minimum atomic E-state index is 0. The first kappa shape index (κ1) is 41.4. The van der Waals surface area contributed by atoms with Crippen molar-refractivity contribution < 1.29 is 34.6 Å². The zero-order valence-corrected chi connectivity index (χ0v) is 34.8. The van der Waals surface area contributed by atoms with Gasteiger partial charge in [-0.15, -0.1) is 0 Å². The molecule has 3 nitrogen and oxygen atoms in total. The molecule has 5 heteroatoms. The van der Waals surface area contributed by atoms with E-state index in [9.17, 15) is 0 Å². The maximum absolute atomic E-state index is 2.34. The molecule has 0 aliphatic rings. The molecule has 2 N–H and O–H groups in total. The van der Waals surface area contributed by atoms with Gasteiger partial charge >= 0.3 is 0 Å². The summed E-state index contributed by atoms with van der Waals surface area (Å²) in [6.45, 7) is 2.15. The first-order valence-electron chi connectivity index (χ1n) is 19.9. The molecule has 0 aromatic heterocycles. The van der Waals surface area contributed by atoms with Crippen molar-refractivity contribution in [3.05, 3.63) is 248 Å². The molecule has 0 atom stereocenters. The molecule has 9 aromatic carbocycles. The van der Waals surface area contributed by atoms with Crippen LogP contribution in [0.4, 0.5) is 51.2 Å². The van der Waals surface area contributed by atoms with E-state index in [0.29, 0.717) is 0 Å². The smallest absolute Gasteiger partial charge is 0.141 e. The number of anilines is 3. The maximum Gasteiger partial charge on any atom is 0.141 e. The average molecular weight is 819 g/mol. The van der Waals surface area contributed by atoms with Crippen LogP contribution < -0.4 is 39.5 Å². The van der Waals surface area contributed by atoms with Crippen LogP contribution in [0.3, 0.4) is 0 Å². The fraction of sp³-hybridized carbons (Fsp3) is 0.0182. The van der Waals surface area contributed by atoms with Gasteiger partial charge in [0.2, 0.25) is 0 Å². The van der Waals surface area contributed by atoms with Crippen LogP contribution in [0.2, 0.25) is 0 Å². The number of nitrogens with one attached hydrogen (secondary N) is 2. The zero-order valence-electron chi connectivity index (χ0n) is 33.3. The molecule has 0 aliphatic carbocycles. The van der Waals surface area contributed by atoms with Crippen LogP contribution in [-0.2, 0) is 0 Å². The molecule has 0 bridgehead atoms. The van der Waals surface area contributed by atoms with E-state index in [1.807, 2.05) is 0 Å². The van der Waals surface area contributed by atoms with E-state index in [0.717, 1.165) is 17.1 Å². The topological polar surface area (TPSA) is 12.1 Å². The van der Waals surface area contributed by atoms with Crippen molar-refractivity contribution in [2.24, 2.45) is 0 Å². The largest absolute Gasteiger partial charge is 1.00 e. The highest BCUT2D eigenvalue weighted by Crippen LogP contribution is 2.37. The van der Waals surface area contributed by atoms with Crippen LogP contribution in [-0.4, -0.2) is 0 Å². The highest BCUT2D eigenvalue weighted by atomic mass is 35.5. The van der Waals surface area contributed by atoms with Gasteiger partial charge in [0.1, 0.15) is 34.1 Å². The van der Waals surface area contributed by atoms with Gasteiger partial charge in [0.25, 0.3) is 0 Å². The molecule has 294 valence electrons. The van der Waals surface area contributed by atoms with E-state index in [-0.39, 0.29) is 24.8 Å². The average Bonchev–Trinajstić information content (AvgIpc) is 3.29. The maximum atomic E-state index is 2.34. The second kappa shape index (κ2) is 19.4. The molecular formula is C55H45Cl2N3. The predicted molar refractivity (Wildman–Crippen MR) is 242 cm³/mol. The molecule has 0 amide bonds. The molecule has 0 fully saturated rings. The number of quaternary nitrogens is 2. The van der Waals surface area contributed by atoms with Gasteiger partial charge in [-0.05, 0) is 144 Å². The Hall–Kier alpha value is -6.72. The number of hydrogen-bond donors (Lipinski definition) is 2. The Labute approximate surface area is 366 Å². The Morgan fingerprint density at radius 1 is 0.267 bits per heavy atom. The van der Waals surface area contributed by atoms with Gasteiger partial charge in [0.05, 0.1) is 0 Å². The van der Waals surface area contributed by atoms with E-state index >= 15 is 0 Å². The van der Waals surface area contributed by atoms with Crippen molar-refractivity contribution in [3.63, 3.8) is 0 Å². The summed E-state index contributed by atoms with van der Waals surface area (Å²) in [5.74, 6) is 0. The SMILES string of the molecule is Cc1cccc(N(c2ccc(-c3ccc([NH+](c4ccccc4)c4ccccc4)cc3)cc2)c2ccc(-c3ccc([NH+](c4ccccc4)c4ccccc4)cc3)cc2)c1.[Cl-].[Cl-]. The highest BCUT2D eigenvalue weighted by molar-refractivity contribution is 5.80. The fourth-order valence-corrected chi connectivity index (χ4v) is 7.90. The summed E-state index contributed by atoms with van der Waals surface area (Å²) in [5, 5.41) is 0. The molecule has 0 saturated heterocycles. The fourth-order valence-electron chi connectivity index (χ4n) is 7.90. The Morgan fingerprint density at radius 2 is 0.550 bits per heavy atom. The summed E-state index contributed by atoms with van der Waals surface area (Å²) in [6.07, 6.45) is 0. The molecule has 0 radical (unpaired) electrons. The molecule has 0 aliphatic heterocycles. The first-order valence-corrected chi connectivity index (χ1v) is 19.9. The van der Waals surface area contributed by atoms with Crippen LogP contribution >= 0.6 is 0 Å². The van der Waals surface area contributed by atoms with Crippen molar-refractivity contribution in [3.8, 4) is 22.3 Å². The van der Waals surface area contributed by atoms with Gasteiger partial charge in [0, 0.05) is 41.3 Å². The Bertz CT molecular complexity index is 2440. The third-order valence-corrected chi connectivity index (χ3v) is 10.8. The number of benzene rings is 9. The second-order valence-corrected chi connectivity index (χ2v) is 14.6. The van der Waals surface area contributed by atoms with Gasteiger partial charge in [-0.1, -0.05) is 109 Å². The molecule has 60 heavy (non-hydrogen) atoms. The minimum Gasteiger partial charge on any atom is -1.00 e. The van der Waals surface area contributed by atoms with Crippen molar-refractivity contribution in [2.75, 3.05) is 4.90 Å². The zero-order chi connectivity index (χ0) is 39.1. The third-order valence-electron chi connectivity index (χ3n) is 10.8. The van der Waals surface area contributed by atoms with Crippen LogP contribution in [0.1, 0.15) is 5.56 Å². The van der Waals surface area contributed by atoms with Crippen LogP contribution in [0, 0.1) is 6.92 Å². The number of aryl methyl sites for hydroxylation is 1. The quantitative estimate of drug-likeness (QED) is 0.141. The lowest BCUT2D eigenvalue weighted by molar-refractivity contribution is -0.681. The lowest BCUT2D eigenvalue weighted by Gasteiger charge is -2.26. The summed E-state index contributed by atoms with van der Waals surface area (Å²) in [7, 11) is 0. The van der Waals surface area contributed by atoms with Crippen molar-refractivity contribution in [2.45, 2.75) is 6.92 Å². The lowest BCUT2D eigenvalue weighted by atomic mass is 10.0. The number of halogens is 2. The standard InChI is InChI=1S/C55H43N3.2ClH/c1-42-15-14-24-55(41-42)58(53-37-29-45(30-38-53)43-25-33-51(34-26-43)56(47-16-6-2-7-17-47)48-18-8-3-9-19-48)54-39-31-46(32-40-54)44-27-35-52(36-28-44)57(49-20-10-4-11-21-49)50-22-12-5-13-23-50;;/h2-41H,1H3;2*1H. The van der Waals surface area contributed by atoms with E-state index in [2.05, 4.69) is 254 Å². The van der Waals surface area contributed by atoms with Crippen LogP contribution in [0.5, 0.6) is 0 Å². The molecule has 0 saturated carbocycles. The molecule has 0 spiro atoms. The van der Waals surface area contributed by atoms with Gasteiger partial charge in [-0.25, -0.2) is 9.80 Å². The van der Waals surface area contributed by atoms with E-state index in [1.54, 1.807) is 0 Å². The molecule has 0 unspecified atom stereocenters. The Kier molecular flexibility index (Phi) is 13.4. The van der Waals surface area contributed by atoms with Crippen molar-refractivity contribution in [1.82, 2.24) is 0 Å². The third kappa shape index (κ3) is 9.11.